The largest absolute Gasteiger partial charge is 0.461 e. The molecule has 0 unspecified atom stereocenters. The lowest BCUT2D eigenvalue weighted by molar-refractivity contribution is -0.148. The molecule has 1 fully saturated rings. The molecule has 132 valence electrons. The highest BCUT2D eigenvalue weighted by Crippen LogP contribution is 2.29. The number of hydrogen-bond donors (Lipinski definition) is 0. The molecule has 0 saturated carbocycles. The van der Waals surface area contributed by atoms with Gasteiger partial charge in [-0.25, -0.2) is 13.2 Å². The lowest BCUT2D eigenvalue weighted by atomic mass is 10.0. The van der Waals surface area contributed by atoms with Crippen molar-refractivity contribution in [1.82, 2.24) is 0 Å². The Morgan fingerprint density at radius 1 is 1.20 bits per heavy atom. The number of hydrogen-bond acceptors (Lipinski definition) is 6. The van der Waals surface area contributed by atoms with Gasteiger partial charge < -0.3 is 9.15 Å². The van der Waals surface area contributed by atoms with Crippen LogP contribution in [-0.2, 0) is 38.8 Å². The van der Waals surface area contributed by atoms with Crippen molar-refractivity contribution in [2.24, 2.45) is 5.92 Å². The van der Waals surface area contributed by atoms with Crippen molar-refractivity contribution in [2.75, 3.05) is 11.5 Å². The average molecular weight is 362 g/mol. The van der Waals surface area contributed by atoms with E-state index in [2.05, 4.69) is 0 Å². The lowest BCUT2D eigenvalue weighted by Crippen LogP contribution is -2.19. The van der Waals surface area contributed by atoms with Crippen LogP contribution in [0.5, 0.6) is 0 Å². The molecule has 2 heterocycles. The quantitative estimate of drug-likeness (QED) is 0.610. The van der Waals surface area contributed by atoms with Crippen LogP contribution in [0, 0.1) is 5.92 Å². The fourth-order valence-corrected chi connectivity index (χ4v) is 5.39. The minimum absolute atomic E-state index is 0.0246. The van der Waals surface area contributed by atoms with Gasteiger partial charge in [-0.3, -0.25) is 4.79 Å². The number of benzene rings is 1. The fourth-order valence-electron chi connectivity index (χ4n) is 3.66. The Balaban J connectivity index is 1.59. The van der Waals surface area contributed by atoms with E-state index in [1.54, 1.807) is 0 Å². The molecule has 7 heteroatoms. The standard InChI is InChI=1S/C18H18O6S/c19-17-8-14(9-23-18(20)13-4-5-25(21,22)10-13)15-6-11-2-1-3-12(11)7-16(15)24-17/h6-8,13H,1-5,9-10H2/t13-/m1/s1. The summed E-state index contributed by atoms with van der Waals surface area (Å²) in [6, 6.07) is 5.24. The zero-order valence-electron chi connectivity index (χ0n) is 13.6. The average Bonchev–Trinajstić information content (AvgIpc) is 3.15. The molecule has 1 saturated heterocycles. The first-order valence-electron chi connectivity index (χ1n) is 8.37. The summed E-state index contributed by atoms with van der Waals surface area (Å²) in [6.45, 7) is -0.0593. The van der Waals surface area contributed by atoms with Crippen LogP contribution in [0.25, 0.3) is 11.0 Å². The van der Waals surface area contributed by atoms with Crippen LogP contribution in [-0.4, -0.2) is 25.9 Å². The predicted molar refractivity (Wildman–Crippen MR) is 91.1 cm³/mol. The molecule has 1 atom stereocenters. The number of rotatable bonds is 3. The molecule has 1 aliphatic heterocycles. The Morgan fingerprint density at radius 3 is 2.68 bits per heavy atom. The Bertz CT molecular complexity index is 1020. The molecule has 2 aromatic rings. The Labute approximate surface area is 144 Å². The second kappa shape index (κ2) is 5.98. The maximum Gasteiger partial charge on any atom is 0.336 e. The van der Waals surface area contributed by atoms with Gasteiger partial charge in [0.05, 0.1) is 17.4 Å². The molecule has 0 radical (unpaired) electrons. The van der Waals surface area contributed by atoms with Crippen LogP contribution in [0.3, 0.4) is 0 Å². The number of esters is 1. The summed E-state index contributed by atoms with van der Waals surface area (Å²) in [7, 11) is -3.14. The number of ether oxygens (including phenoxy) is 1. The van der Waals surface area contributed by atoms with Gasteiger partial charge >= 0.3 is 11.6 Å². The van der Waals surface area contributed by atoms with Crippen molar-refractivity contribution >= 4 is 26.8 Å². The van der Waals surface area contributed by atoms with Crippen LogP contribution in [0.1, 0.15) is 29.5 Å². The predicted octanol–water partition coefficient (Wildman–Crippen LogP) is 1.76. The molecular formula is C18H18O6S. The van der Waals surface area contributed by atoms with Gasteiger partial charge in [0, 0.05) is 17.0 Å². The fraction of sp³-hybridized carbons (Fsp3) is 0.444. The maximum absolute atomic E-state index is 12.1. The van der Waals surface area contributed by atoms with E-state index in [-0.39, 0.29) is 18.1 Å². The summed E-state index contributed by atoms with van der Waals surface area (Å²) in [5.74, 6) is -1.27. The molecular weight excluding hydrogens is 344 g/mol. The summed E-state index contributed by atoms with van der Waals surface area (Å²) in [6.07, 6.45) is 3.34. The summed E-state index contributed by atoms with van der Waals surface area (Å²) in [4.78, 5) is 23.9. The number of carbonyl (C=O) groups is 1. The third-order valence-electron chi connectivity index (χ3n) is 4.98. The molecule has 2 aliphatic rings. The zero-order chi connectivity index (χ0) is 17.6. The van der Waals surface area contributed by atoms with E-state index < -0.39 is 27.4 Å². The van der Waals surface area contributed by atoms with Crippen molar-refractivity contribution in [1.29, 1.82) is 0 Å². The molecule has 6 nitrogen and oxygen atoms in total. The van der Waals surface area contributed by atoms with Crippen molar-refractivity contribution in [2.45, 2.75) is 32.3 Å². The van der Waals surface area contributed by atoms with E-state index in [9.17, 15) is 18.0 Å². The van der Waals surface area contributed by atoms with Crippen LogP contribution >= 0.6 is 0 Å². The lowest BCUT2D eigenvalue weighted by Gasteiger charge is -2.11. The zero-order valence-corrected chi connectivity index (χ0v) is 14.4. The van der Waals surface area contributed by atoms with Gasteiger partial charge in [-0.05, 0) is 48.9 Å². The van der Waals surface area contributed by atoms with E-state index in [1.165, 1.54) is 17.2 Å². The van der Waals surface area contributed by atoms with E-state index in [0.717, 1.165) is 24.6 Å². The Morgan fingerprint density at radius 2 is 1.96 bits per heavy atom. The highest BCUT2D eigenvalue weighted by Gasteiger charge is 2.34. The van der Waals surface area contributed by atoms with Gasteiger partial charge in [0.15, 0.2) is 9.84 Å². The molecule has 25 heavy (non-hydrogen) atoms. The number of fused-ring (bicyclic) bond motifs is 2. The molecule has 1 aromatic heterocycles. The Kier molecular flexibility index (Phi) is 3.91. The smallest absolute Gasteiger partial charge is 0.336 e. The van der Waals surface area contributed by atoms with Crippen LogP contribution in [0.2, 0.25) is 0 Å². The first-order valence-corrected chi connectivity index (χ1v) is 10.2. The van der Waals surface area contributed by atoms with Crippen LogP contribution in [0.15, 0.2) is 27.4 Å². The SMILES string of the molecule is O=C(OCc1cc(=O)oc2cc3c(cc12)CCC3)[C@@H]1CCS(=O)(=O)C1. The first-order chi connectivity index (χ1) is 11.9. The van der Waals surface area contributed by atoms with Crippen molar-refractivity contribution in [3.8, 4) is 0 Å². The van der Waals surface area contributed by atoms with Gasteiger partial charge in [-0.15, -0.1) is 0 Å². The van der Waals surface area contributed by atoms with Gasteiger partial charge in [0.1, 0.15) is 12.2 Å². The molecule has 1 aliphatic carbocycles. The van der Waals surface area contributed by atoms with Gasteiger partial charge in [-0.2, -0.15) is 0 Å². The molecule has 1 aromatic carbocycles. The second-order valence-corrected chi connectivity index (χ2v) is 9.00. The number of aryl methyl sites for hydroxylation is 2. The molecule has 0 spiro atoms. The number of sulfone groups is 1. The highest BCUT2D eigenvalue weighted by atomic mass is 32.2. The molecule has 0 bridgehead atoms. The van der Waals surface area contributed by atoms with Crippen molar-refractivity contribution < 1.29 is 22.4 Å². The molecule has 0 amide bonds. The van der Waals surface area contributed by atoms with Crippen molar-refractivity contribution in [3.63, 3.8) is 0 Å². The normalized spacial score (nSPS) is 21.4. The van der Waals surface area contributed by atoms with Crippen LogP contribution in [0.4, 0.5) is 0 Å². The summed E-state index contributed by atoms with van der Waals surface area (Å²) in [5, 5.41) is 0.770. The topological polar surface area (TPSA) is 90.7 Å². The maximum atomic E-state index is 12.1. The van der Waals surface area contributed by atoms with Gasteiger partial charge in [-0.1, -0.05) is 0 Å². The third-order valence-corrected chi connectivity index (χ3v) is 6.75. The second-order valence-electron chi connectivity index (χ2n) is 6.77. The van der Waals surface area contributed by atoms with Crippen LogP contribution < -0.4 is 5.63 Å². The van der Waals surface area contributed by atoms with E-state index >= 15 is 0 Å². The minimum atomic E-state index is -3.14. The minimum Gasteiger partial charge on any atom is -0.461 e. The number of carbonyl (C=O) groups excluding carboxylic acids is 1. The van der Waals surface area contributed by atoms with Crippen molar-refractivity contribution in [3.05, 3.63) is 45.3 Å². The monoisotopic (exact) mass is 362 g/mol. The molecule has 0 N–H and O–H groups in total. The highest BCUT2D eigenvalue weighted by molar-refractivity contribution is 7.91. The van der Waals surface area contributed by atoms with E-state index in [1.807, 2.05) is 12.1 Å². The summed E-state index contributed by atoms with van der Waals surface area (Å²) >= 11 is 0. The summed E-state index contributed by atoms with van der Waals surface area (Å²) < 4.78 is 33.6. The van der Waals surface area contributed by atoms with E-state index in [4.69, 9.17) is 9.15 Å². The first kappa shape index (κ1) is 16.3. The van der Waals surface area contributed by atoms with Gasteiger partial charge in [0.2, 0.25) is 0 Å². The Hall–Kier alpha value is -2.15. The van der Waals surface area contributed by atoms with E-state index in [0.29, 0.717) is 17.6 Å². The third kappa shape index (κ3) is 3.20. The molecule has 4 rings (SSSR count). The van der Waals surface area contributed by atoms with Gasteiger partial charge in [0.25, 0.3) is 0 Å². The summed E-state index contributed by atoms with van der Waals surface area (Å²) in [5.41, 5.74) is 3.04.